The Balaban J connectivity index is 2.12. The molecule has 3 heteroatoms. The lowest BCUT2D eigenvalue weighted by atomic mass is 10.2. The Morgan fingerprint density at radius 1 is 1.43 bits per heavy atom. The van der Waals surface area contributed by atoms with E-state index in [0.717, 1.165) is 32.8 Å². The lowest BCUT2D eigenvalue weighted by Crippen LogP contribution is -2.50. The highest BCUT2D eigenvalue weighted by Gasteiger charge is 2.16. The lowest BCUT2D eigenvalue weighted by Gasteiger charge is -2.32. The van der Waals surface area contributed by atoms with E-state index in [-0.39, 0.29) is 5.60 Å². The lowest BCUT2D eigenvalue weighted by molar-refractivity contribution is -0.0152. The van der Waals surface area contributed by atoms with Crippen molar-refractivity contribution in [1.29, 1.82) is 0 Å². The molecule has 0 aliphatic carbocycles. The number of piperazine rings is 1. The fourth-order valence-electron chi connectivity index (χ4n) is 1.70. The fourth-order valence-corrected chi connectivity index (χ4v) is 1.70. The standard InChI is InChI=1S/C11H24N2O/c1-10-9-13(6-5-12-10)7-8-14-11(2,3)4/h10,12H,5-9H2,1-4H3/t10-/m1/s1. The number of hydrogen-bond acceptors (Lipinski definition) is 3. The molecule has 0 spiro atoms. The van der Waals surface area contributed by atoms with Crippen molar-refractivity contribution in [2.75, 3.05) is 32.8 Å². The van der Waals surface area contributed by atoms with Crippen LogP contribution in [0.25, 0.3) is 0 Å². The first-order chi connectivity index (χ1) is 6.47. The molecule has 1 fully saturated rings. The predicted molar refractivity (Wildman–Crippen MR) is 59.6 cm³/mol. The van der Waals surface area contributed by atoms with Gasteiger partial charge >= 0.3 is 0 Å². The molecule has 3 nitrogen and oxygen atoms in total. The second-order valence-electron chi connectivity index (χ2n) is 5.12. The number of rotatable bonds is 3. The average Bonchev–Trinajstić information content (AvgIpc) is 2.01. The molecule has 0 aromatic rings. The van der Waals surface area contributed by atoms with E-state index >= 15 is 0 Å². The highest BCUT2D eigenvalue weighted by atomic mass is 16.5. The molecule has 0 aromatic carbocycles. The maximum Gasteiger partial charge on any atom is 0.0600 e. The zero-order chi connectivity index (χ0) is 10.6. The molecule has 1 rings (SSSR count). The zero-order valence-electron chi connectivity index (χ0n) is 9.97. The van der Waals surface area contributed by atoms with Crippen LogP contribution in [0.1, 0.15) is 27.7 Å². The molecular weight excluding hydrogens is 176 g/mol. The first-order valence-electron chi connectivity index (χ1n) is 5.57. The van der Waals surface area contributed by atoms with Gasteiger partial charge in [-0.2, -0.15) is 0 Å². The third-order valence-corrected chi connectivity index (χ3v) is 2.40. The number of ether oxygens (including phenoxy) is 1. The summed E-state index contributed by atoms with van der Waals surface area (Å²) in [5.41, 5.74) is -0.000344. The third-order valence-electron chi connectivity index (χ3n) is 2.40. The van der Waals surface area contributed by atoms with Crippen LogP contribution < -0.4 is 5.32 Å². The van der Waals surface area contributed by atoms with Gasteiger partial charge in [0, 0.05) is 32.2 Å². The minimum atomic E-state index is -0.000344. The number of nitrogens with zero attached hydrogens (tertiary/aromatic N) is 1. The first kappa shape index (κ1) is 12.0. The van der Waals surface area contributed by atoms with Crippen molar-refractivity contribution in [3.63, 3.8) is 0 Å². The van der Waals surface area contributed by atoms with Gasteiger partial charge in [-0.1, -0.05) is 0 Å². The molecule has 1 aliphatic heterocycles. The van der Waals surface area contributed by atoms with Crippen molar-refractivity contribution in [3.05, 3.63) is 0 Å². The van der Waals surface area contributed by atoms with E-state index in [4.69, 9.17) is 4.74 Å². The Morgan fingerprint density at radius 3 is 2.71 bits per heavy atom. The van der Waals surface area contributed by atoms with Crippen LogP contribution in [0.4, 0.5) is 0 Å². The smallest absolute Gasteiger partial charge is 0.0600 e. The highest BCUT2D eigenvalue weighted by Crippen LogP contribution is 2.06. The van der Waals surface area contributed by atoms with Crippen molar-refractivity contribution >= 4 is 0 Å². The Kier molecular flexibility index (Phi) is 4.35. The van der Waals surface area contributed by atoms with E-state index in [2.05, 4.69) is 37.9 Å². The molecule has 0 amide bonds. The van der Waals surface area contributed by atoms with Gasteiger partial charge in [0.05, 0.1) is 12.2 Å². The minimum Gasteiger partial charge on any atom is -0.375 e. The molecule has 84 valence electrons. The summed E-state index contributed by atoms with van der Waals surface area (Å²) in [7, 11) is 0. The Labute approximate surface area is 87.8 Å². The number of hydrogen-bond donors (Lipinski definition) is 1. The third kappa shape index (κ3) is 4.94. The van der Waals surface area contributed by atoms with Crippen LogP contribution in [0, 0.1) is 0 Å². The number of nitrogens with one attached hydrogen (secondary N) is 1. The van der Waals surface area contributed by atoms with Gasteiger partial charge in [0.2, 0.25) is 0 Å². The summed E-state index contributed by atoms with van der Waals surface area (Å²) < 4.78 is 5.71. The summed E-state index contributed by atoms with van der Waals surface area (Å²) in [4.78, 5) is 2.47. The topological polar surface area (TPSA) is 24.5 Å². The molecule has 1 heterocycles. The normalized spacial score (nSPS) is 25.3. The van der Waals surface area contributed by atoms with Crippen molar-refractivity contribution < 1.29 is 4.74 Å². The van der Waals surface area contributed by atoms with Crippen LogP contribution in [0.15, 0.2) is 0 Å². The molecule has 0 saturated carbocycles. The maximum atomic E-state index is 5.71. The van der Waals surface area contributed by atoms with Gasteiger partial charge in [0.15, 0.2) is 0 Å². The van der Waals surface area contributed by atoms with Crippen molar-refractivity contribution in [1.82, 2.24) is 10.2 Å². The molecule has 0 aromatic heterocycles. The van der Waals surface area contributed by atoms with E-state index < -0.39 is 0 Å². The van der Waals surface area contributed by atoms with Crippen molar-refractivity contribution in [2.45, 2.75) is 39.3 Å². The van der Waals surface area contributed by atoms with Crippen molar-refractivity contribution in [2.24, 2.45) is 0 Å². The molecule has 0 unspecified atom stereocenters. The summed E-state index contributed by atoms with van der Waals surface area (Å²) >= 11 is 0. The minimum absolute atomic E-state index is 0.000344. The van der Waals surface area contributed by atoms with Gasteiger partial charge in [-0.05, 0) is 27.7 Å². The molecule has 1 aliphatic rings. The molecule has 14 heavy (non-hydrogen) atoms. The molecular formula is C11H24N2O. The van der Waals surface area contributed by atoms with E-state index in [1.54, 1.807) is 0 Å². The average molecular weight is 200 g/mol. The highest BCUT2D eigenvalue weighted by molar-refractivity contribution is 4.74. The van der Waals surface area contributed by atoms with Gasteiger partial charge in [0.1, 0.15) is 0 Å². The van der Waals surface area contributed by atoms with E-state index in [9.17, 15) is 0 Å². The second kappa shape index (κ2) is 5.10. The van der Waals surface area contributed by atoms with Gasteiger partial charge in [-0.3, -0.25) is 4.90 Å². The van der Waals surface area contributed by atoms with Gasteiger partial charge < -0.3 is 10.1 Å². The van der Waals surface area contributed by atoms with E-state index in [0.29, 0.717) is 6.04 Å². The second-order valence-corrected chi connectivity index (χ2v) is 5.12. The van der Waals surface area contributed by atoms with E-state index in [1.807, 2.05) is 0 Å². The first-order valence-corrected chi connectivity index (χ1v) is 5.57. The summed E-state index contributed by atoms with van der Waals surface area (Å²) in [6.07, 6.45) is 0. The molecule has 1 N–H and O–H groups in total. The van der Waals surface area contributed by atoms with Crippen LogP contribution in [-0.4, -0.2) is 49.3 Å². The fraction of sp³-hybridized carbons (Fsp3) is 1.00. The van der Waals surface area contributed by atoms with Crippen LogP contribution in [0.2, 0.25) is 0 Å². The Morgan fingerprint density at radius 2 is 2.14 bits per heavy atom. The van der Waals surface area contributed by atoms with Gasteiger partial charge in [-0.15, -0.1) is 0 Å². The quantitative estimate of drug-likeness (QED) is 0.738. The Hall–Kier alpha value is -0.120. The van der Waals surface area contributed by atoms with Gasteiger partial charge in [0.25, 0.3) is 0 Å². The summed E-state index contributed by atoms with van der Waals surface area (Å²) in [6, 6.07) is 0.624. The van der Waals surface area contributed by atoms with Crippen LogP contribution >= 0.6 is 0 Å². The molecule has 0 radical (unpaired) electrons. The van der Waals surface area contributed by atoms with Crippen LogP contribution in [0.5, 0.6) is 0 Å². The van der Waals surface area contributed by atoms with Crippen LogP contribution in [-0.2, 0) is 4.74 Å². The molecule has 0 bridgehead atoms. The summed E-state index contributed by atoms with van der Waals surface area (Å²) in [6.45, 7) is 13.9. The van der Waals surface area contributed by atoms with E-state index in [1.165, 1.54) is 0 Å². The monoisotopic (exact) mass is 200 g/mol. The zero-order valence-corrected chi connectivity index (χ0v) is 9.97. The largest absolute Gasteiger partial charge is 0.375 e. The van der Waals surface area contributed by atoms with Gasteiger partial charge in [-0.25, -0.2) is 0 Å². The molecule has 1 saturated heterocycles. The maximum absolute atomic E-state index is 5.71. The van der Waals surface area contributed by atoms with Crippen molar-refractivity contribution in [3.8, 4) is 0 Å². The molecule has 1 atom stereocenters. The predicted octanol–water partition coefficient (Wildman–Crippen LogP) is 1.10. The summed E-state index contributed by atoms with van der Waals surface area (Å²) in [5.74, 6) is 0. The summed E-state index contributed by atoms with van der Waals surface area (Å²) in [5, 5.41) is 3.44. The SMILES string of the molecule is C[C@@H]1CN(CCOC(C)(C)C)CCN1. The Bertz CT molecular complexity index is 165. The van der Waals surface area contributed by atoms with Crippen LogP contribution in [0.3, 0.4) is 0 Å².